The molecule has 1 aliphatic rings. The van der Waals surface area contributed by atoms with E-state index in [0.717, 1.165) is 72.0 Å². The molecule has 0 spiro atoms. The average Bonchev–Trinajstić information content (AvgIpc) is 3.80. The summed E-state index contributed by atoms with van der Waals surface area (Å²) in [7, 11) is 0. The number of nitrogens with zero attached hydrogens (tertiary/aromatic N) is 3. The predicted molar refractivity (Wildman–Crippen MR) is 245 cm³/mol. The van der Waals surface area contributed by atoms with Crippen LogP contribution in [-0.2, 0) is 0 Å². The largest absolute Gasteiger partial charge is 0.309 e. The van der Waals surface area contributed by atoms with Crippen molar-refractivity contribution in [2.75, 3.05) is 0 Å². The summed E-state index contributed by atoms with van der Waals surface area (Å²) in [5, 5.41) is 16.6. The highest BCUT2D eigenvalue weighted by Crippen LogP contribution is 2.42. The van der Waals surface area contributed by atoms with E-state index in [2.05, 4.69) is 174 Å². The first kappa shape index (κ1) is 33.5. The van der Waals surface area contributed by atoms with Gasteiger partial charge in [0.15, 0.2) is 0 Å². The van der Waals surface area contributed by atoms with Gasteiger partial charge < -0.3 is 4.57 Å². The Morgan fingerprint density at radius 1 is 0.466 bits per heavy atom. The van der Waals surface area contributed by atoms with Crippen molar-refractivity contribution < 1.29 is 0 Å². The van der Waals surface area contributed by atoms with Gasteiger partial charge in [-0.05, 0) is 93.2 Å². The van der Waals surface area contributed by atoms with Crippen LogP contribution in [0.5, 0.6) is 0 Å². The first-order chi connectivity index (χ1) is 28.7. The summed E-state index contributed by atoms with van der Waals surface area (Å²) in [5.41, 5.74) is 12.7. The van der Waals surface area contributed by atoms with E-state index >= 15 is 0 Å². The molecule has 0 amide bonds. The van der Waals surface area contributed by atoms with Crippen molar-refractivity contribution in [1.82, 2.24) is 9.13 Å². The number of hydrogen-bond donors (Lipinski definition) is 1. The maximum absolute atomic E-state index is 9.62. The lowest BCUT2D eigenvalue weighted by atomic mass is 9.93. The van der Waals surface area contributed by atoms with E-state index in [1.165, 1.54) is 27.2 Å². The van der Waals surface area contributed by atoms with Gasteiger partial charge in [-0.3, -0.25) is 9.98 Å². The van der Waals surface area contributed by atoms with Crippen LogP contribution < -0.4 is 0 Å². The minimum absolute atomic E-state index is 0.164. The molecule has 0 radical (unpaired) electrons. The summed E-state index contributed by atoms with van der Waals surface area (Å²) in [6.45, 7) is 0. The smallest absolute Gasteiger partial charge is 0.227 e. The van der Waals surface area contributed by atoms with Gasteiger partial charge in [0, 0.05) is 32.8 Å². The first-order valence-corrected chi connectivity index (χ1v) is 19.6. The van der Waals surface area contributed by atoms with Crippen LogP contribution in [0.25, 0.3) is 88.4 Å². The third-order valence-corrected chi connectivity index (χ3v) is 11.4. The molecule has 10 aromatic rings. The third kappa shape index (κ3) is 5.54. The Bertz CT molecular complexity index is 3390. The van der Waals surface area contributed by atoms with Crippen LogP contribution in [-0.4, -0.2) is 20.8 Å². The van der Waals surface area contributed by atoms with Gasteiger partial charge in [0.2, 0.25) is 5.96 Å². The molecule has 58 heavy (non-hydrogen) atoms. The highest BCUT2D eigenvalue weighted by atomic mass is 15.1. The lowest BCUT2D eigenvalue weighted by molar-refractivity contribution is 1.18. The number of rotatable bonds is 4. The standard InChI is InChI=1S/C54H36N4/c55-54(56-48-27-12-7-18-40(48)32-36-16-3-1-4-17-36)58-50-29-14-11-26-46(50)53-45-25-9-8-23-42(45)47(35-52(53)58)39-20-15-19-37(33-39)38-30-31-44-43-24-10-13-28-49(43)57(51(44)34-38)41-21-5-2-6-22-41/h1-35,55H/b40-32+,55-54?,56-48?. The Balaban J connectivity index is 1.09. The number of para-hydroxylation sites is 3. The van der Waals surface area contributed by atoms with Crippen LogP contribution in [0.2, 0.25) is 0 Å². The number of hydrogen-bond acceptors (Lipinski definition) is 1. The van der Waals surface area contributed by atoms with Gasteiger partial charge in [-0.15, -0.1) is 0 Å². The lowest BCUT2D eigenvalue weighted by Gasteiger charge is -2.13. The number of allylic oxidation sites excluding steroid dienone is 5. The summed E-state index contributed by atoms with van der Waals surface area (Å²) in [6, 6.07) is 64.6. The van der Waals surface area contributed by atoms with Crippen molar-refractivity contribution in [3.8, 4) is 27.9 Å². The number of benzene rings is 8. The molecule has 0 unspecified atom stereocenters. The summed E-state index contributed by atoms with van der Waals surface area (Å²) in [5.74, 6) is 0.164. The Morgan fingerprint density at radius 3 is 1.93 bits per heavy atom. The Labute approximate surface area is 335 Å². The normalized spacial score (nSPS) is 14.2. The van der Waals surface area contributed by atoms with Crippen molar-refractivity contribution in [3.05, 3.63) is 217 Å². The molecule has 1 N–H and O–H groups in total. The quantitative estimate of drug-likeness (QED) is 0.138. The molecule has 1 aliphatic carbocycles. The van der Waals surface area contributed by atoms with Gasteiger partial charge in [0.25, 0.3) is 0 Å². The summed E-state index contributed by atoms with van der Waals surface area (Å²) < 4.78 is 4.39. The fourth-order valence-corrected chi connectivity index (χ4v) is 8.77. The van der Waals surface area contributed by atoms with E-state index in [1.54, 1.807) is 0 Å². The van der Waals surface area contributed by atoms with Gasteiger partial charge in [-0.2, -0.15) is 0 Å². The number of fused-ring (bicyclic) bond motifs is 8. The van der Waals surface area contributed by atoms with Gasteiger partial charge in [0.05, 0.1) is 27.8 Å². The van der Waals surface area contributed by atoms with Gasteiger partial charge >= 0.3 is 0 Å². The van der Waals surface area contributed by atoms with Crippen molar-refractivity contribution in [2.45, 2.75) is 0 Å². The van der Waals surface area contributed by atoms with Crippen molar-refractivity contribution in [1.29, 1.82) is 5.41 Å². The topological polar surface area (TPSA) is 46.1 Å². The molecule has 8 aromatic carbocycles. The van der Waals surface area contributed by atoms with Crippen molar-refractivity contribution >= 4 is 72.1 Å². The molecule has 0 saturated carbocycles. The van der Waals surface area contributed by atoms with Crippen molar-refractivity contribution in [3.63, 3.8) is 0 Å². The molecule has 2 heterocycles. The van der Waals surface area contributed by atoms with E-state index in [4.69, 9.17) is 4.99 Å². The maximum atomic E-state index is 9.62. The molecule has 0 aliphatic heterocycles. The molecule has 4 heteroatoms. The van der Waals surface area contributed by atoms with E-state index in [-0.39, 0.29) is 5.96 Å². The minimum Gasteiger partial charge on any atom is -0.309 e. The highest BCUT2D eigenvalue weighted by molar-refractivity contribution is 6.27. The van der Waals surface area contributed by atoms with Crippen LogP contribution >= 0.6 is 0 Å². The SMILES string of the molecule is N=C(N=C1C=CC=C/C1=C\c1ccccc1)n1c2ccccc2c2c3ccccc3c(-c3cccc(-c4ccc5c6ccccc6n(-c6ccccc6)c5c4)c3)cc21. The molecule has 0 bridgehead atoms. The van der Waals surface area contributed by atoms with E-state index in [0.29, 0.717) is 0 Å². The zero-order valence-electron chi connectivity index (χ0n) is 31.5. The lowest BCUT2D eigenvalue weighted by Crippen LogP contribution is -2.12. The van der Waals surface area contributed by atoms with E-state index in [9.17, 15) is 5.41 Å². The van der Waals surface area contributed by atoms with Crippen LogP contribution in [0.3, 0.4) is 0 Å². The van der Waals surface area contributed by atoms with Gasteiger partial charge in [-0.1, -0.05) is 158 Å². The molecule has 11 rings (SSSR count). The highest BCUT2D eigenvalue weighted by Gasteiger charge is 2.20. The Morgan fingerprint density at radius 2 is 1.10 bits per heavy atom. The second kappa shape index (κ2) is 13.7. The fourth-order valence-electron chi connectivity index (χ4n) is 8.77. The first-order valence-electron chi connectivity index (χ1n) is 19.6. The second-order valence-corrected chi connectivity index (χ2v) is 14.8. The van der Waals surface area contributed by atoms with Gasteiger partial charge in [0.1, 0.15) is 0 Å². The van der Waals surface area contributed by atoms with Crippen molar-refractivity contribution in [2.24, 2.45) is 4.99 Å². The monoisotopic (exact) mass is 740 g/mol. The maximum Gasteiger partial charge on any atom is 0.227 e. The molecule has 4 nitrogen and oxygen atoms in total. The zero-order valence-corrected chi connectivity index (χ0v) is 31.5. The van der Waals surface area contributed by atoms with Crippen LogP contribution in [0.1, 0.15) is 5.56 Å². The molecule has 0 fully saturated rings. The Hall–Kier alpha value is -7.82. The third-order valence-electron chi connectivity index (χ3n) is 11.4. The minimum atomic E-state index is 0.164. The zero-order chi connectivity index (χ0) is 38.6. The average molecular weight is 741 g/mol. The summed E-state index contributed by atoms with van der Waals surface area (Å²) >= 11 is 0. The number of nitrogens with one attached hydrogen (secondary N) is 1. The molecule has 2 aromatic heterocycles. The van der Waals surface area contributed by atoms with Crippen LogP contribution in [0.15, 0.2) is 217 Å². The summed E-state index contributed by atoms with van der Waals surface area (Å²) in [6.07, 6.45) is 10.2. The Kier molecular flexibility index (Phi) is 7.93. The van der Waals surface area contributed by atoms with Gasteiger partial charge in [-0.25, -0.2) is 4.99 Å². The second-order valence-electron chi connectivity index (χ2n) is 14.8. The number of aromatic nitrogens is 2. The number of aliphatic imine (C=N–C) groups is 1. The molecule has 0 saturated heterocycles. The molecule has 272 valence electrons. The van der Waals surface area contributed by atoms with Crippen LogP contribution in [0.4, 0.5) is 0 Å². The molecule has 0 atom stereocenters. The van der Waals surface area contributed by atoms with E-state index < -0.39 is 0 Å². The summed E-state index contributed by atoms with van der Waals surface area (Å²) in [4.78, 5) is 5.02. The predicted octanol–water partition coefficient (Wildman–Crippen LogP) is 13.8. The van der Waals surface area contributed by atoms with Crippen LogP contribution in [0, 0.1) is 5.41 Å². The molecular formula is C54H36N4. The van der Waals surface area contributed by atoms with E-state index in [1.807, 2.05) is 47.1 Å². The molecular weight excluding hydrogens is 705 g/mol. The fraction of sp³-hybridized carbons (Fsp3) is 0.